The third kappa shape index (κ3) is 3.98. The summed E-state index contributed by atoms with van der Waals surface area (Å²) in [7, 11) is 2.16. The van der Waals surface area contributed by atoms with Crippen LogP contribution in [0.25, 0.3) is 0 Å². The minimum absolute atomic E-state index is 0.00431. The van der Waals surface area contributed by atoms with Crippen molar-refractivity contribution in [2.24, 2.45) is 16.8 Å². The quantitative estimate of drug-likeness (QED) is 0.276. The third-order valence-corrected chi connectivity index (χ3v) is 3.37. The molecule has 1 unspecified atom stereocenters. The summed E-state index contributed by atoms with van der Waals surface area (Å²) in [4.78, 5) is 2.36. The molecular weight excluding hydrogens is 204 g/mol. The molecule has 0 aromatic heterocycles. The highest BCUT2D eigenvalue weighted by Crippen LogP contribution is 2.15. The van der Waals surface area contributed by atoms with Crippen LogP contribution in [-0.4, -0.2) is 48.7 Å². The number of oxime groups is 1. The van der Waals surface area contributed by atoms with Crippen LogP contribution in [0.5, 0.6) is 0 Å². The van der Waals surface area contributed by atoms with E-state index in [1.807, 2.05) is 6.92 Å². The molecule has 1 aliphatic heterocycles. The topological polar surface area (TPSA) is 73.9 Å². The summed E-state index contributed by atoms with van der Waals surface area (Å²) in [5, 5.41) is 15.1. The van der Waals surface area contributed by atoms with E-state index in [0.717, 1.165) is 18.9 Å². The van der Waals surface area contributed by atoms with Gasteiger partial charge in [0.15, 0.2) is 5.84 Å². The largest absolute Gasteiger partial charge is 0.409 e. The second-order valence-corrected chi connectivity index (χ2v) is 4.64. The van der Waals surface area contributed by atoms with Crippen molar-refractivity contribution in [2.75, 3.05) is 26.7 Å². The van der Waals surface area contributed by atoms with Gasteiger partial charge in [-0.05, 0) is 51.9 Å². The molecule has 0 saturated carbocycles. The molecule has 16 heavy (non-hydrogen) atoms. The second kappa shape index (κ2) is 6.70. The van der Waals surface area contributed by atoms with E-state index in [1.165, 1.54) is 25.9 Å². The zero-order valence-corrected chi connectivity index (χ0v) is 10.3. The maximum atomic E-state index is 8.62. The molecule has 94 valence electrons. The second-order valence-electron chi connectivity index (χ2n) is 4.64. The monoisotopic (exact) mass is 228 g/mol. The number of amidine groups is 1. The van der Waals surface area contributed by atoms with E-state index in [0.29, 0.717) is 0 Å². The van der Waals surface area contributed by atoms with Crippen LogP contribution in [0, 0.1) is 5.92 Å². The van der Waals surface area contributed by atoms with E-state index in [2.05, 4.69) is 22.4 Å². The summed E-state index contributed by atoms with van der Waals surface area (Å²) in [6.07, 6.45) is 3.31. The van der Waals surface area contributed by atoms with Crippen molar-refractivity contribution in [3.05, 3.63) is 0 Å². The van der Waals surface area contributed by atoms with Gasteiger partial charge in [-0.3, -0.25) is 0 Å². The molecule has 0 spiro atoms. The molecule has 1 aliphatic rings. The number of likely N-dealkylation sites (tertiary alicyclic amines) is 1. The zero-order valence-electron chi connectivity index (χ0n) is 10.3. The van der Waals surface area contributed by atoms with E-state index in [4.69, 9.17) is 10.9 Å². The van der Waals surface area contributed by atoms with Crippen molar-refractivity contribution in [3.63, 3.8) is 0 Å². The molecule has 1 rings (SSSR count). The van der Waals surface area contributed by atoms with Crippen molar-refractivity contribution in [3.8, 4) is 0 Å². The number of nitrogens with two attached hydrogens (primary N) is 1. The lowest BCUT2D eigenvalue weighted by Crippen LogP contribution is -2.44. The van der Waals surface area contributed by atoms with Gasteiger partial charge in [-0.1, -0.05) is 12.1 Å². The van der Waals surface area contributed by atoms with E-state index in [1.54, 1.807) is 0 Å². The molecule has 0 bridgehead atoms. The minimum Gasteiger partial charge on any atom is -0.409 e. The van der Waals surface area contributed by atoms with Gasteiger partial charge in [0.1, 0.15) is 0 Å². The van der Waals surface area contributed by atoms with Crippen LogP contribution in [0.4, 0.5) is 0 Å². The summed E-state index contributed by atoms with van der Waals surface area (Å²) in [6.45, 7) is 5.34. The molecule has 5 nitrogen and oxygen atoms in total. The van der Waals surface area contributed by atoms with Gasteiger partial charge in [-0.15, -0.1) is 0 Å². The van der Waals surface area contributed by atoms with Gasteiger partial charge in [-0.2, -0.15) is 0 Å². The average Bonchev–Trinajstić information content (AvgIpc) is 2.31. The number of nitrogens with zero attached hydrogens (tertiary/aromatic N) is 2. The zero-order chi connectivity index (χ0) is 12.0. The highest BCUT2D eigenvalue weighted by atomic mass is 16.4. The first kappa shape index (κ1) is 13.3. The highest BCUT2D eigenvalue weighted by molar-refractivity contribution is 5.85. The fraction of sp³-hybridized carbons (Fsp3) is 0.909. The van der Waals surface area contributed by atoms with Crippen LogP contribution in [-0.2, 0) is 0 Å². The lowest BCUT2D eigenvalue weighted by atomic mass is 9.96. The molecule has 5 heteroatoms. The molecule has 0 radical (unpaired) electrons. The Kier molecular flexibility index (Phi) is 5.55. The standard InChI is InChI=1S/C11H24N4O/c1-3-10(11(12)14-16)13-8-9-4-6-15(2)7-5-9/h9-10,13,16H,3-8H2,1-2H3,(H2,12,14). The predicted molar refractivity (Wildman–Crippen MR) is 65.7 cm³/mol. The Labute approximate surface area is 97.7 Å². The van der Waals surface area contributed by atoms with Crippen molar-refractivity contribution in [1.29, 1.82) is 0 Å². The number of rotatable bonds is 5. The van der Waals surface area contributed by atoms with Crippen LogP contribution in [0.15, 0.2) is 5.16 Å². The van der Waals surface area contributed by atoms with Gasteiger partial charge in [0.05, 0.1) is 6.04 Å². The molecule has 4 N–H and O–H groups in total. The van der Waals surface area contributed by atoms with Gasteiger partial charge >= 0.3 is 0 Å². The Hall–Kier alpha value is -0.810. The summed E-state index contributed by atoms with van der Waals surface area (Å²) in [5.41, 5.74) is 5.59. The first-order valence-electron chi connectivity index (χ1n) is 6.06. The molecular formula is C11H24N4O. The van der Waals surface area contributed by atoms with Crippen LogP contribution in [0.1, 0.15) is 26.2 Å². The maximum Gasteiger partial charge on any atom is 0.156 e. The van der Waals surface area contributed by atoms with Gasteiger partial charge < -0.3 is 21.2 Å². The molecule has 1 heterocycles. The number of hydrogen-bond acceptors (Lipinski definition) is 4. The molecule has 1 saturated heterocycles. The summed E-state index contributed by atoms with van der Waals surface area (Å²) in [6, 6.07) is 0.00431. The Balaban J connectivity index is 2.27. The Bertz CT molecular complexity index is 224. The molecule has 0 aromatic carbocycles. The fourth-order valence-electron chi connectivity index (χ4n) is 2.10. The minimum atomic E-state index is 0.00431. The first-order valence-corrected chi connectivity index (χ1v) is 6.06. The number of hydrogen-bond donors (Lipinski definition) is 3. The predicted octanol–water partition coefficient (Wildman–Crippen LogP) is 0.443. The average molecular weight is 228 g/mol. The summed E-state index contributed by atoms with van der Waals surface area (Å²) >= 11 is 0. The van der Waals surface area contributed by atoms with Crippen LogP contribution < -0.4 is 11.1 Å². The molecule has 0 amide bonds. The van der Waals surface area contributed by atoms with Crippen molar-refractivity contribution >= 4 is 5.84 Å². The Morgan fingerprint density at radius 1 is 1.56 bits per heavy atom. The molecule has 1 fully saturated rings. The first-order chi connectivity index (χ1) is 7.67. The number of nitrogens with one attached hydrogen (secondary N) is 1. The SMILES string of the molecule is CCC(NCC1CCN(C)CC1)C(N)=NO. The van der Waals surface area contributed by atoms with Crippen molar-refractivity contribution in [2.45, 2.75) is 32.2 Å². The van der Waals surface area contributed by atoms with E-state index >= 15 is 0 Å². The van der Waals surface area contributed by atoms with Crippen LogP contribution in [0.2, 0.25) is 0 Å². The summed E-state index contributed by atoms with van der Waals surface area (Å²) in [5.74, 6) is 1.01. The molecule has 0 aliphatic carbocycles. The van der Waals surface area contributed by atoms with Crippen LogP contribution >= 0.6 is 0 Å². The fourth-order valence-corrected chi connectivity index (χ4v) is 2.10. The van der Waals surface area contributed by atoms with Gasteiger partial charge in [0, 0.05) is 0 Å². The van der Waals surface area contributed by atoms with E-state index in [-0.39, 0.29) is 11.9 Å². The summed E-state index contributed by atoms with van der Waals surface area (Å²) < 4.78 is 0. The smallest absolute Gasteiger partial charge is 0.156 e. The highest BCUT2D eigenvalue weighted by Gasteiger charge is 2.18. The Morgan fingerprint density at radius 3 is 2.69 bits per heavy atom. The molecule has 0 aromatic rings. The van der Waals surface area contributed by atoms with Gasteiger partial charge in [0.25, 0.3) is 0 Å². The van der Waals surface area contributed by atoms with Gasteiger partial charge in [0.2, 0.25) is 0 Å². The Morgan fingerprint density at radius 2 is 2.19 bits per heavy atom. The van der Waals surface area contributed by atoms with E-state index in [9.17, 15) is 0 Å². The van der Waals surface area contributed by atoms with E-state index < -0.39 is 0 Å². The van der Waals surface area contributed by atoms with Crippen molar-refractivity contribution in [1.82, 2.24) is 10.2 Å². The lowest BCUT2D eigenvalue weighted by Gasteiger charge is -2.30. The normalized spacial score (nSPS) is 22.2. The molecule has 1 atom stereocenters. The maximum absolute atomic E-state index is 8.62. The number of piperidine rings is 1. The van der Waals surface area contributed by atoms with Crippen molar-refractivity contribution < 1.29 is 5.21 Å². The van der Waals surface area contributed by atoms with Crippen LogP contribution in [0.3, 0.4) is 0 Å². The lowest BCUT2D eigenvalue weighted by molar-refractivity contribution is 0.214. The van der Waals surface area contributed by atoms with Gasteiger partial charge in [-0.25, -0.2) is 0 Å². The third-order valence-electron chi connectivity index (χ3n) is 3.37.